The second-order valence-corrected chi connectivity index (χ2v) is 2.63. The minimum absolute atomic E-state index is 0.916. The van der Waals surface area contributed by atoms with Crippen LogP contribution in [0.3, 0.4) is 0 Å². The summed E-state index contributed by atoms with van der Waals surface area (Å²) in [5.74, 6) is 0. The molecule has 0 aromatic heterocycles. The highest BCUT2D eigenvalue weighted by Gasteiger charge is 1.98. The molecule has 0 unspecified atom stereocenters. The molecule has 0 heterocycles. The minimum atomic E-state index is 0.916. The van der Waals surface area contributed by atoms with Crippen molar-refractivity contribution < 1.29 is 0 Å². The number of nitrogens with one attached hydrogen (secondary N) is 1. The first-order chi connectivity index (χ1) is 5.79. The van der Waals surface area contributed by atoms with Crippen LogP contribution in [0.4, 0.5) is 0 Å². The maximum atomic E-state index is 3.70. The molecule has 68 valence electrons. The first-order valence-electron chi connectivity index (χ1n) is 4.41. The predicted octanol–water partition coefficient (Wildman–Crippen LogP) is 2.67. The zero-order valence-electron chi connectivity index (χ0n) is 8.35. The Morgan fingerprint density at radius 3 is 2.42 bits per heavy atom. The van der Waals surface area contributed by atoms with Crippen LogP contribution in [0.5, 0.6) is 0 Å². The fourth-order valence-corrected chi connectivity index (χ4v) is 1.23. The molecule has 0 bridgehead atoms. The van der Waals surface area contributed by atoms with E-state index in [1.807, 2.05) is 13.1 Å². The van der Waals surface area contributed by atoms with E-state index in [1.54, 1.807) is 0 Å². The van der Waals surface area contributed by atoms with Crippen LogP contribution in [-0.2, 0) is 0 Å². The lowest BCUT2D eigenvalue weighted by Gasteiger charge is -2.08. The van der Waals surface area contributed by atoms with E-state index in [9.17, 15) is 0 Å². The summed E-state index contributed by atoms with van der Waals surface area (Å²) in [7, 11) is 1.96. The third kappa shape index (κ3) is 3.54. The lowest BCUT2D eigenvalue weighted by atomic mass is 10.0. The Hall–Kier alpha value is -0.820. The van der Waals surface area contributed by atoms with E-state index in [1.165, 1.54) is 11.1 Å². The molecule has 0 fully saturated rings. The quantitative estimate of drug-likeness (QED) is 0.618. The minimum Gasteiger partial charge on any atom is -0.316 e. The van der Waals surface area contributed by atoms with Crippen LogP contribution in [0, 0.1) is 0 Å². The molecular weight excluding hydrogens is 146 g/mol. The monoisotopic (exact) mass is 165 g/mol. The smallest absolute Gasteiger partial charge is 0.0205 e. The normalized spacial score (nSPS) is 13.2. The Bertz CT molecular complexity index is 187. The third-order valence-corrected chi connectivity index (χ3v) is 1.83. The van der Waals surface area contributed by atoms with Crippen LogP contribution in [0.1, 0.15) is 20.3 Å². The van der Waals surface area contributed by atoms with Crippen molar-refractivity contribution in [1.29, 1.82) is 0 Å². The Labute approximate surface area is 75.9 Å². The second-order valence-electron chi connectivity index (χ2n) is 2.63. The van der Waals surface area contributed by atoms with Gasteiger partial charge in [0, 0.05) is 6.54 Å². The number of hydrogen-bond donors (Lipinski definition) is 1. The van der Waals surface area contributed by atoms with Gasteiger partial charge in [0.05, 0.1) is 0 Å². The first kappa shape index (κ1) is 11.2. The summed E-state index contributed by atoms with van der Waals surface area (Å²) < 4.78 is 0. The van der Waals surface area contributed by atoms with E-state index in [2.05, 4.69) is 37.9 Å². The van der Waals surface area contributed by atoms with Crippen LogP contribution >= 0.6 is 0 Å². The molecule has 0 atom stereocenters. The van der Waals surface area contributed by atoms with E-state index in [-0.39, 0.29) is 0 Å². The SMILES string of the molecule is C=C/C=C(CNC)\C(=C/C)CC. The van der Waals surface area contributed by atoms with Crippen LogP contribution in [0.15, 0.2) is 36.0 Å². The summed E-state index contributed by atoms with van der Waals surface area (Å²) in [5, 5.41) is 3.14. The van der Waals surface area contributed by atoms with Gasteiger partial charge in [0.25, 0.3) is 0 Å². The van der Waals surface area contributed by atoms with Crippen molar-refractivity contribution in [2.24, 2.45) is 0 Å². The van der Waals surface area contributed by atoms with Gasteiger partial charge in [-0.05, 0) is 31.5 Å². The third-order valence-electron chi connectivity index (χ3n) is 1.83. The molecule has 0 saturated heterocycles. The number of hydrogen-bond acceptors (Lipinski definition) is 1. The highest BCUT2D eigenvalue weighted by Crippen LogP contribution is 2.12. The number of rotatable bonds is 5. The van der Waals surface area contributed by atoms with Crippen molar-refractivity contribution in [2.45, 2.75) is 20.3 Å². The standard InChI is InChI=1S/C11H19N/c1-5-8-11(9-12-4)10(6-2)7-3/h5-6,8,12H,1,7,9H2,2-4H3/b10-6-,11-8-. The molecule has 12 heavy (non-hydrogen) atoms. The van der Waals surface area contributed by atoms with Crippen LogP contribution in [-0.4, -0.2) is 13.6 Å². The zero-order valence-corrected chi connectivity index (χ0v) is 8.35. The average Bonchev–Trinajstić information content (AvgIpc) is 2.07. The summed E-state index contributed by atoms with van der Waals surface area (Å²) in [5.41, 5.74) is 2.72. The fraction of sp³-hybridized carbons (Fsp3) is 0.455. The molecule has 0 rings (SSSR count). The van der Waals surface area contributed by atoms with Crippen molar-refractivity contribution in [3.8, 4) is 0 Å². The summed E-state index contributed by atoms with van der Waals surface area (Å²) in [6.45, 7) is 8.86. The van der Waals surface area contributed by atoms with E-state index >= 15 is 0 Å². The topological polar surface area (TPSA) is 12.0 Å². The Morgan fingerprint density at radius 1 is 1.42 bits per heavy atom. The van der Waals surface area contributed by atoms with Crippen molar-refractivity contribution >= 4 is 0 Å². The predicted molar refractivity (Wildman–Crippen MR) is 56.3 cm³/mol. The van der Waals surface area contributed by atoms with Gasteiger partial charge >= 0.3 is 0 Å². The number of allylic oxidation sites excluding steroid dienone is 3. The van der Waals surface area contributed by atoms with Gasteiger partial charge in [0.2, 0.25) is 0 Å². The molecule has 0 aromatic carbocycles. The highest BCUT2D eigenvalue weighted by atomic mass is 14.8. The molecule has 1 nitrogen and oxygen atoms in total. The van der Waals surface area contributed by atoms with Gasteiger partial charge in [0.1, 0.15) is 0 Å². The Balaban J connectivity index is 4.48. The molecule has 0 spiro atoms. The molecule has 0 aromatic rings. The van der Waals surface area contributed by atoms with Gasteiger partial charge in [-0.2, -0.15) is 0 Å². The summed E-state index contributed by atoms with van der Waals surface area (Å²) in [6.07, 6.45) is 7.14. The zero-order chi connectivity index (χ0) is 9.40. The fourth-order valence-electron chi connectivity index (χ4n) is 1.23. The van der Waals surface area contributed by atoms with Gasteiger partial charge in [-0.1, -0.05) is 31.7 Å². The second kappa shape index (κ2) is 6.86. The average molecular weight is 165 g/mol. The summed E-state index contributed by atoms with van der Waals surface area (Å²) in [6, 6.07) is 0. The molecule has 0 aliphatic rings. The van der Waals surface area contributed by atoms with Crippen molar-refractivity contribution in [1.82, 2.24) is 5.32 Å². The maximum absolute atomic E-state index is 3.70. The summed E-state index contributed by atoms with van der Waals surface area (Å²) >= 11 is 0. The first-order valence-corrected chi connectivity index (χ1v) is 4.41. The Morgan fingerprint density at radius 2 is 2.08 bits per heavy atom. The molecular formula is C11H19N. The lowest BCUT2D eigenvalue weighted by molar-refractivity contribution is 0.872. The highest BCUT2D eigenvalue weighted by molar-refractivity contribution is 5.33. The molecule has 1 N–H and O–H groups in total. The molecule has 0 amide bonds. The van der Waals surface area contributed by atoms with Crippen molar-refractivity contribution in [3.63, 3.8) is 0 Å². The molecule has 1 heteroatoms. The lowest BCUT2D eigenvalue weighted by Crippen LogP contribution is -2.11. The molecule has 0 radical (unpaired) electrons. The van der Waals surface area contributed by atoms with Gasteiger partial charge in [-0.3, -0.25) is 0 Å². The van der Waals surface area contributed by atoms with Crippen LogP contribution < -0.4 is 5.32 Å². The number of likely N-dealkylation sites (N-methyl/N-ethyl adjacent to an activating group) is 1. The van der Waals surface area contributed by atoms with Crippen LogP contribution in [0.2, 0.25) is 0 Å². The maximum Gasteiger partial charge on any atom is 0.0205 e. The summed E-state index contributed by atoms with van der Waals surface area (Å²) in [4.78, 5) is 0. The van der Waals surface area contributed by atoms with E-state index in [0.29, 0.717) is 0 Å². The Kier molecular flexibility index (Phi) is 6.39. The molecule has 0 aliphatic carbocycles. The largest absolute Gasteiger partial charge is 0.316 e. The van der Waals surface area contributed by atoms with Gasteiger partial charge in [-0.15, -0.1) is 0 Å². The van der Waals surface area contributed by atoms with E-state index in [4.69, 9.17) is 0 Å². The van der Waals surface area contributed by atoms with E-state index < -0.39 is 0 Å². The van der Waals surface area contributed by atoms with Crippen LogP contribution in [0.25, 0.3) is 0 Å². The van der Waals surface area contributed by atoms with Gasteiger partial charge in [0.15, 0.2) is 0 Å². The van der Waals surface area contributed by atoms with Crippen molar-refractivity contribution in [3.05, 3.63) is 36.0 Å². The van der Waals surface area contributed by atoms with Gasteiger partial charge < -0.3 is 5.32 Å². The van der Waals surface area contributed by atoms with Crippen molar-refractivity contribution in [2.75, 3.05) is 13.6 Å². The van der Waals surface area contributed by atoms with Gasteiger partial charge in [-0.25, -0.2) is 0 Å². The molecule has 0 saturated carbocycles. The van der Waals surface area contributed by atoms with E-state index in [0.717, 1.165) is 13.0 Å². The molecule has 0 aliphatic heterocycles.